The Morgan fingerprint density at radius 1 is 0.592 bits per heavy atom. The van der Waals surface area contributed by atoms with Crippen LogP contribution in [0.5, 0.6) is 0 Å². The number of aromatic nitrogens is 1. The zero-order valence-corrected chi connectivity index (χ0v) is 29.7. The summed E-state index contributed by atoms with van der Waals surface area (Å²) in [6, 6.07) is 46.8. The zero-order chi connectivity index (χ0) is 34.1. The van der Waals surface area contributed by atoms with Gasteiger partial charge in [-0.05, 0) is 109 Å². The lowest BCUT2D eigenvalue weighted by molar-refractivity contribution is 0.421. The van der Waals surface area contributed by atoms with Gasteiger partial charge in [-0.25, -0.2) is 0 Å². The van der Waals surface area contributed by atoms with Crippen LogP contribution in [-0.4, -0.2) is 4.57 Å². The van der Waals surface area contributed by atoms with E-state index in [9.17, 15) is 0 Å². The summed E-state index contributed by atoms with van der Waals surface area (Å²) < 4.78 is 2.58. The second-order valence-corrected chi connectivity index (χ2v) is 15.2. The van der Waals surface area contributed by atoms with Gasteiger partial charge >= 0.3 is 0 Å². The molecule has 0 N–H and O–H groups in total. The Kier molecular flexibility index (Phi) is 7.19. The van der Waals surface area contributed by atoms with Crippen LogP contribution in [0.1, 0.15) is 68.0 Å². The highest BCUT2D eigenvalue weighted by Crippen LogP contribution is 2.53. The number of hydrogen-bond donors (Lipinski definition) is 0. The van der Waals surface area contributed by atoms with Crippen LogP contribution in [-0.2, 0) is 11.0 Å². The summed E-state index contributed by atoms with van der Waals surface area (Å²) in [4.78, 5) is 2.37. The summed E-state index contributed by atoms with van der Waals surface area (Å²) in [5.41, 5.74) is 16.5. The number of hydrogen-bond acceptors (Lipinski definition) is 1. The lowest BCUT2D eigenvalue weighted by Gasteiger charge is -2.29. The molecule has 0 unspecified atom stereocenters. The topological polar surface area (TPSA) is 8.17 Å². The van der Waals surface area contributed by atoms with Crippen molar-refractivity contribution in [2.75, 3.05) is 4.90 Å². The number of aryl methyl sites for hydroxylation is 2. The number of benzene rings is 6. The van der Waals surface area contributed by atoms with Gasteiger partial charge in [-0.2, -0.15) is 0 Å². The van der Waals surface area contributed by atoms with Gasteiger partial charge in [0.1, 0.15) is 0 Å². The zero-order valence-electron chi connectivity index (χ0n) is 29.7. The first kappa shape index (κ1) is 31.0. The summed E-state index contributed by atoms with van der Waals surface area (Å²) in [7, 11) is 0. The molecule has 0 radical (unpaired) electrons. The fraction of sp³-hybridized carbons (Fsp3) is 0.191. The SMILES string of the molecule is Cc1ccccc1N(c1ccc(/C=C/c2ccc3c(c2)C(C)(C)c2c-3ccc3c4ccccc4n(C(C)(C)C)c23)cc1)c1ccccc1C. The van der Waals surface area contributed by atoms with Crippen molar-refractivity contribution in [1.82, 2.24) is 4.57 Å². The van der Waals surface area contributed by atoms with E-state index in [2.05, 4.69) is 197 Å². The van der Waals surface area contributed by atoms with E-state index in [1.165, 1.54) is 77.7 Å². The third-order valence-electron chi connectivity index (χ3n) is 10.5. The van der Waals surface area contributed by atoms with Gasteiger partial charge in [0.2, 0.25) is 0 Å². The van der Waals surface area contributed by atoms with Crippen molar-refractivity contribution in [1.29, 1.82) is 0 Å². The average molecular weight is 637 g/mol. The molecule has 0 fully saturated rings. The number of rotatable bonds is 5. The highest BCUT2D eigenvalue weighted by molar-refractivity contribution is 6.12. The molecule has 0 bridgehead atoms. The first-order valence-electron chi connectivity index (χ1n) is 17.5. The summed E-state index contributed by atoms with van der Waals surface area (Å²) in [5.74, 6) is 0. The second-order valence-electron chi connectivity index (χ2n) is 15.2. The molecule has 1 aliphatic rings. The van der Waals surface area contributed by atoms with Gasteiger partial charge in [0.15, 0.2) is 0 Å². The summed E-state index contributed by atoms with van der Waals surface area (Å²) in [6.07, 6.45) is 4.50. The molecule has 242 valence electrons. The molecule has 1 aliphatic carbocycles. The average Bonchev–Trinajstić information content (AvgIpc) is 3.55. The number of anilines is 3. The van der Waals surface area contributed by atoms with E-state index < -0.39 is 0 Å². The van der Waals surface area contributed by atoms with Crippen LogP contribution < -0.4 is 4.90 Å². The molecule has 0 saturated carbocycles. The van der Waals surface area contributed by atoms with Crippen LogP contribution in [0.25, 0.3) is 45.1 Å². The monoisotopic (exact) mass is 636 g/mol. The molecule has 0 aliphatic heterocycles. The van der Waals surface area contributed by atoms with Crippen LogP contribution in [0.2, 0.25) is 0 Å². The third kappa shape index (κ3) is 5.01. The maximum absolute atomic E-state index is 2.58. The molecule has 49 heavy (non-hydrogen) atoms. The van der Waals surface area contributed by atoms with Crippen molar-refractivity contribution < 1.29 is 0 Å². The molecule has 1 aromatic heterocycles. The fourth-order valence-electron chi connectivity index (χ4n) is 8.13. The maximum Gasteiger partial charge on any atom is 0.0544 e. The normalized spacial score (nSPS) is 13.7. The molecule has 0 spiro atoms. The Labute approximate surface area is 291 Å². The Morgan fingerprint density at radius 2 is 1.16 bits per heavy atom. The second kappa shape index (κ2) is 11.4. The lowest BCUT2D eigenvalue weighted by Crippen LogP contribution is -2.24. The quantitative estimate of drug-likeness (QED) is 0.171. The Morgan fingerprint density at radius 3 is 1.82 bits per heavy atom. The number of para-hydroxylation sites is 3. The van der Waals surface area contributed by atoms with Crippen molar-refractivity contribution in [3.63, 3.8) is 0 Å². The number of fused-ring (bicyclic) bond motifs is 7. The van der Waals surface area contributed by atoms with E-state index in [1.54, 1.807) is 0 Å². The van der Waals surface area contributed by atoms with E-state index in [0.717, 1.165) is 5.69 Å². The van der Waals surface area contributed by atoms with E-state index in [0.29, 0.717) is 0 Å². The van der Waals surface area contributed by atoms with E-state index in [-0.39, 0.29) is 11.0 Å². The molecule has 2 heteroatoms. The highest BCUT2D eigenvalue weighted by atomic mass is 15.1. The molecular formula is C47H44N2. The van der Waals surface area contributed by atoms with Gasteiger partial charge in [0.25, 0.3) is 0 Å². The van der Waals surface area contributed by atoms with Crippen LogP contribution in [0.15, 0.2) is 127 Å². The van der Waals surface area contributed by atoms with Gasteiger partial charge < -0.3 is 9.47 Å². The molecular weight excluding hydrogens is 593 g/mol. The van der Waals surface area contributed by atoms with Gasteiger partial charge in [-0.15, -0.1) is 0 Å². The minimum atomic E-state index is -0.137. The van der Waals surface area contributed by atoms with Gasteiger partial charge in [0.05, 0.1) is 5.52 Å². The van der Waals surface area contributed by atoms with Crippen molar-refractivity contribution in [3.05, 3.63) is 161 Å². The predicted octanol–water partition coefficient (Wildman–Crippen LogP) is 13.1. The largest absolute Gasteiger partial charge is 0.335 e. The minimum Gasteiger partial charge on any atom is -0.335 e. The van der Waals surface area contributed by atoms with Crippen LogP contribution in [0.3, 0.4) is 0 Å². The van der Waals surface area contributed by atoms with Crippen LogP contribution in [0.4, 0.5) is 17.1 Å². The van der Waals surface area contributed by atoms with E-state index in [1.807, 2.05) is 0 Å². The highest BCUT2D eigenvalue weighted by Gasteiger charge is 2.39. The molecule has 6 aromatic carbocycles. The first-order chi connectivity index (χ1) is 23.5. The van der Waals surface area contributed by atoms with Crippen LogP contribution >= 0.6 is 0 Å². The predicted molar refractivity (Wildman–Crippen MR) is 212 cm³/mol. The number of nitrogens with zero attached hydrogens (tertiary/aromatic N) is 2. The molecule has 2 nitrogen and oxygen atoms in total. The van der Waals surface area contributed by atoms with E-state index in [4.69, 9.17) is 0 Å². The Balaban J connectivity index is 1.15. The molecule has 7 aromatic rings. The minimum absolute atomic E-state index is 0.0539. The molecule has 0 saturated heterocycles. The van der Waals surface area contributed by atoms with Crippen molar-refractivity contribution >= 4 is 51.0 Å². The Hall–Kier alpha value is -5.34. The molecule has 0 atom stereocenters. The van der Waals surface area contributed by atoms with Crippen molar-refractivity contribution in [2.24, 2.45) is 0 Å². The smallest absolute Gasteiger partial charge is 0.0544 e. The summed E-state index contributed by atoms with van der Waals surface area (Å²) >= 11 is 0. The third-order valence-corrected chi connectivity index (χ3v) is 10.5. The van der Waals surface area contributed by atoms with Crippen molar-refractivity contribution in [3.8, 4) is 11.1 Å². The van der Waals surface area contributed by atoms with Gasteiger partial charge in [-0.3, -0.25) is 0 Å². The lowest BCUT2D eigenvalue weighted by atomic mass is 9.81. The molecule has 0 amide bonds. The van der Waals surface area contributed by atoms with Crippen molar-refractivity contribution in [2.45, 2.75) is 59.4 Å². The summed E-state index contributed by atoms with van der Waals surface area (Å²) in [5, 5.41) is 2.68. The maximum atomic E-state index is 2.58. The van der Waals surface area contributed by atoms with Crippen LogP contribution in [0, 0.1) is 13.8 Å². The molecule has 8 rings (SSSR count). The standard InChI is InChI=1S/C47H44N2/c1-31-14-8-11-17-41(31)48(42-18-12-9-15-32(42)2)35-25-22-33(23-26-35)20-21-34-24-27-36-38-28-29-39-37-16-10-13-19-43(37)49(46(3,4)5)45(39)44(38)47(6,7)40(36)30-34/h8-30H,1-7H3/b21-20+. The summed E-state index contributed by atoms with van der Waals surface area (Å²) in [6.45, 7) is 16.1. The van der Waals surface area contributed by atoms with Gasteiger partial charge in [0, 0.05) is 44.3 Å². The van der Waals surface area contributed by atoms with E-state index >= 15 is 0 Å². The van der Waals surface area contributed by atoms with Gasteiger partial charge in [-0.1, -0.05) is 123 Å². The first-order valence-corrected chi connectivity index (χ1v) is 17.5. The molecule has 1 heterocycles. The fourth-order valence-corrected chi connectivity index (χ4v) is 8.13. The Bertz CT molecular complexity index is 2370.